The van der Waals surface area contributed by atoms with Gasteiger partial charge in [-0.3, -0.25) is 0 Å². The lowest BCUT2D eigenvalue weighted by Gasteiger charge is -2.23. The summed E-state index contributed by atoms with van der Waals surface area (Å²) in [5, 5.41) is 0. The second-order valence-corrected chi connectivity index (χ2v) is 3.31. The van der Waals surface area contributed by atoms with Crippen LogP contribution in [0.15, 0.2) is 12.7 Å². The lowest BCUT2D eigenvalue weighted by molar-refractivity contribution is 0.264. The molecule has 1 unspecified atom stereocenters. The van der Waals surface area contributed by atoms with Crippen molar-refractivity contribution in [2.75, 3.05) is 13.6 Å². The summed E-state index contributed by atoms with van der Waals surface area (Å²) in [7, 11) is 2.13. The van der Waals surface area contributed by atoms with Gasteiger partial charge < -0.3 is 4.90 Å². The Morgan fingerprint density at radius 2 is 1.90 bits per heavy atom. The molecule has 0 spiro atoms. The zero-order valence-electron chi connectivity index (χ0n) is 7.59. The van der Waals surface area contributed by atoms with Gasteiger partial charge in [0, 0.05) is 12.6 Å². The molecule has 0 radical (unpaired) electrons. The molecule has 0 saturated heterocycles. The molecule has 0 aromatic carbocycles. The first-order valence-electron chi connectivity index (χ1n) is 3.90. The second kappa shape index (κ2) is 4.51. The van der Waals surface area contributed by atoms with Crippen molar-refractivity contribution in [3.8, 4) is 0 Å². The highest BCUT2D eigenvalue weighted by Crippen LogP contribution is 2.01. The van der Waals surface area contributed by atoms with Gasteiger partial charge in [0.15, 0.2) is 0 Å². The Labute approximate surface area is 64.7 Å². The van der Waals surface area contributed by atoms with Gasteiger partial charge in [0.2, 0.25) is 0 Å². The molecule has 0 aliphatic heterocycles. The lowest BCUT2D eigenvalue weighted by atomic mass is 10.2. The average Bonchev–Trinajstić information content (AvgIpc) is 1.85. The minimum absolute atomic E-state index is 0.502. The molecule has 1 heteroatoms. The highest BCUT2D eigenvalue weighted by molar-refractivity contribution is 4.82. The average molecular weight is 141 g/mol. The molecular formula is C9H19N. The lowest BCUT2D eigenvalue weighted by Crippen LogP contribution is -2.30. The third-order valence-electron chi connectivity index (χ3n) is 1.69. The number of hydrogen-bond acceptors (Lipinski definition) is 1. The number of likely N-dealkylation sites (N-methyl/N-ethyl adjacent to an activating group) is 1. The monoisotopic (exact) mass is 141 g/mol. The predicted molar refractivity (Wildman–Crippen MR) is 47.1 cm³/mol. The molecule has 10 heavy (non-hydrogen) atoms. The molecule has 0 aliphatic carbocycles. The van der Waals surface area contributed by atoms with Crippen molar-refractivity contribution in [3.63, 3.8) is 0 Å². The summed E-state index contributed by atoms with van der Waals surface area (Å²) in [6, 6.07) is 0.502. The van der Waals surface area contributed by atoms with Crippen molar-refractivity contribution in [2.45, 2.75) is 26.8 Å². The molecule has 0 aromatic rings. The minimum Gasteiger partial charge on any atom is -0.300 e. The Hall–Kier alpha value is -0.300. The second-order valence-electron chi connectivity index (χ2n) is 3.31. The van der Waals surface area contributed by atoms with Crippen molar-refractivity contribution in [2.24, 2.45) is 5.92 Å². The van der Waals surface area contributed by atoms with E-state index >= 15 is 0 Å². The molecule has 0 rings (SSSR count). The van der Waals surface area contributed by atoms with Gasteiger partial charge in [-0.1, -0.05) is 19.9 Å². The Bertz CT molecular complexity index is 96.9. The van der Waals surface area contributed by atoms with E-state index in [0.29, 0.717) is 6.04 Å². The van der Waals surface area contributed by atoms with Gasteiger partial charge in [0.25, 0.3) is 0 Å². The number of nitrogens with zero attached hydrogens (tertiary/aromatic N) is 1. The third-order valence-corrected chi connectivity index (χ3v) is 1.69. The van der Waals surface area contributed by atoms with E-state index in [1.165, 1.54) is 0 Å². The summed E-state index contributed by atoms with van der Waals surface area (Å²) < 4.78 is 0. The maximum absolute atomic E-state index is 3.75. The highest BCUT2D eigenvalue weighted by atomic mass is 15.1. The van der Waals surface area contributed by atoms with E-state index in [-0.39, 0.29) is 0 Å². The fraction of sp³-hybridized carbons (Fsp3) is 0.778. The quantitative estimate of drug-likeness (QED) is 0.542. The molecular weight excluding hydrogens is 122 g/mol. The fourth-order valence-electron chi connectivity index (χ4n) is 0.922. The van der Waals surface area contributed by atoms with Crippen LogP contribution in [0, 0.1) is 5.92 Å². The van der Waals surface area contributed by atoms with E-state index in [2.05, 4.69) is 39.3 Å². The summed E-state index contributed by atoms with van der Waals surface area (Å²) >= 11 is 0. The van der Waals surface area contributed by atoms with Crippen LogP contribution in [0.5, 0.6) is 0 Å². The normalized spacial score (nSPS) is 14.2. The third kappa shape index (κ3) is 3.67. The summed E-state index contributed by atoms with van der Waals surface area (Å²) in [5.41, 5.74) is 0. The highest BCUT2D eigenvalue weighted by Gasteiger charge is 2.05. The molecule has 0 fully saturated rings. The SMILES string of the molecule is C=CC(C)N(C)CC(C)C. The van der Waals surface area contributed by atoms with Crippen molar-refractivity contribution in [1.82, 2.24) is 4.90 Å². The topological polar surface area (TPSA) is 3.24 Å². The van der Waals surface area contributed by atoms with Gasteiger partial charge in [-0.05, 0) is 19.9 Å². The maximum atomic E-state index is 3.75. The smallest absolute Gasteiger partial charge is 0.0244 e. The van der Waals surface area contributed by atoms with Gasteiger partial charge >= 0.3 is 0 Å². The summed E-state index contributed by atoms with van der Waals surface area (Å²) in [4.78, 5) is 2.30. The first-order chi connectivity index (χ1) is 4.57. The van der Waals surface area contributed by atoms with Gasteiger partial charge in [-0.25, -0.2) is 0 Å². The molecule has 0 N–H and O–H groups in total. The van der Waals surface area contributed by atoms with E-state index in [1.807, 2.05) is 6.08 Å². The first-order valence-corrected chi connectivity index (χ1v) is 3.90. The molecule has 0 aromatic heterocycles. The Balaban J connectivity index is 3.60. The Morgan fingerprint density at radius 1 is 1.40 bits per heavy atom. The van der Waals surface area contributed by atoms with Gasteiger partial charge in [-0.15, -0.1) is 6.58 Å². The van der Waals surface area contributed by atoms with E-state index in [4.69, 9.17) is 0 Å². The van der Waals surface area contributed by atoms with E-state index in [1.54, 1.807) is 0 Å². The van der Waals surface area contributed by atoms with Gasteiger partial charge in [0.05, 0.1) is 0 Å². The van der Waals surface area contributed by atoms with Crippen LogP contribution in [0.1, 0.15) is 20.8 Å². The Kier molecular flexibility index (Phi) is 4.37. The molecule has 1 atom stereocenters. The van der Waals surface area contributed by atoms with Crippen molar-refractivity contribution in [1.29, 1.82) is 0 Å². The molecule has 0 saturated carbocycles. The fourth-order valence-corrected chi connectivity index (χ4v) is 0.922. The van der Waals surface area contributed by atoms with Crippen molar-refractivity contribution in [3.05, 3.63) is 12.7 Å². The summed E-state index contributed by atoms with van der Waals surface area (Å²) in [5.74, 6) is 0.743. The van der Waals surface area contributed by atoms with Crippen molar-refractivity contribution < 1.29 is 0 Å². The summed E-state index contributed by atoms with van der Waals surface area (Å²) in [6.45, 7) is 11.5. The molecule has 0 amide bonds. The van der Waals surface area contributed by atoms with Gasteiger partial charge in [-0.2, -0.15) is 0 Å². The van der Waals surface area contributed by atoms with Crippen LogP contribution < -0.4 is 0 Å². The molecule has 0 aliphatic rings. The minimum atomic E-state index is 0.502. The van der Waals surface area contributed by atoms with Crippen LogP contribution in [0.3, 0.4) is 0 Å². The first kappa shape index (κ1) is 9.70. The van der Waals surface area contributed by atoms with Crippen molar-refractivity contribution >= 4 is 0 Å². The molecule has 0 heterocycles. The standard InChI is InChI=1S/C9H19N/c1-6-9(4)10(5)7-8(2)3/h6,8-9H,1,7H2,2-5H3. The van der Waals surface area contributed by atoms with Crippen LogP contribution in [-0.2, 0) is 0 Å². The number of rotatable bonds is 4. The summed E-state index contributed by atoms with van der Waals surface area (Å²) in [6.07, 6.45) is 1.97. The van der Waals surface area contributed by atoms with Gasteiger partial charge in [0.1, 0.15) is 0 Å². The van der Waals surface area contributed by atoms with Crippen LogP contribution in [0.25, 0.3) is 0 Å². The predicted octanol–water partition coefficient (Wildman–Crippen LogP) is 2.15. The molecule has 60 valence electrons. The van der Waals surface area contributed by atoms with Crippen LogP contribution >= 0.6 is 0 Å². The van der Waals surface area contributed by atoms with Crippen LogP contribution in [0.2, 0.25) is 0 Å². The van der Waals surface area contributed by atoms with Crippen LogP contribution in [-0.4, -0.2) is 24.5 Å². The van der Waals surface area contributed by atoms with E-state index in [0.717, 1.165) is 12.5 Å². The molecule has 1 nitrogen and oxygen atoms in total. The van der Waals surface area contributed by atoms with E-state index in [9.17, 15) is 0 Å². The zero-order chi connectivity index (χ0) is 8.15. The maximum Gasteiger partial charge on any atom is 0.0244 e. The van der Waals surface area contributed by atoms with E-state index < -0.39 is 0 Å². The zero-order valence-corrected chi connectivity index (χ0v) is 7.59. The number of hydrogen-bond donors (Lipinski definition) is 0. The van der Waals surface area contributed by atoms with Crippen LogP contribution in [0.4, 0.5) is 0 Å². The molecule has 0 bridgehead atoms. The largest absolute Gasteiger partial charge is 0.300 e. The Morgan fingerprint density at radius 3 is 2.20 bits per heavy atom.